The van der Waals surface area contributed by atoms with Crippen LogP contribution in [0.2, 0.25) is 0 Å². The molecule has 7 heteroatoms. The highest BCUT2D eigenvalue weighted by Crippen LogP contribution is 2.39. The van der Waals surface area contributed by atoms with Crippen molar-refractivity contribution in [2.75, 3.05) is 11.1 Å². The van der Waals surface area contributed by atoms with E-state index in [1.54, 1.807) is 18.2 Å². The maximum Gasteiger partial charge on any atom is 0.247 e. The zero-order valence-corrected chi connectivity index (χ0v) is 15.0. The van der Waals surface area contributed by atoms with Crippen molar-refractivity contribution in [2.24, 2.45) is 0 Å². The van der Waals surface area contributed by atoms with Crippen LogP contribution < -0.4 is 10.1 Å². The van der Waals surface area contributed by atoms with Gasteiger partial charge in [0.05, 0.1) is 0 Å². The summed E-state index contributed by atoms with van der Waals surface area (Å²) < 4.78 is 20.4. The molecule has 0 spiro atoms. The standard InChI is InChI=1S/C19H17FN4OS/c1-2-11-26-19-22-18-16(23-24-19)13-8-4-6-10-15(13)21-17(25-18)12-7-3-5-9-14(12)20/h3-10,17,21H,2,11H2,1H3. The van der Waals surface area contributed by atoms with E-state index in [2.05, 4.69) is 27.4 Å². The van der Waals surface area contributed by atoms with Crippen molar-refractivity contribution in [3.05, 3.63) is 59.9 Å². The van der Waals surface area contributed by atoms with Crippen LogP contribution in [0.25, 0.3) is 11.3 Å². The van der Waals surface area contributed by atoms with E-state index in [-0.39, 0.29) is 5.82 Å². The zero-order chi connectivity index (χ0) is 17.9. The van der Waals surface area contributed by atoms with Crippen molar-refractivity contribution in [1.82, 2.24) is 15.2 Å². The monoisotopic (exact) mass is 368 g/mol. The lowest BCUT2D eigenvalue weighted by molar-refractivity contribution is 0.220. The van der Waals surface area contributed by atoms with E-state index in [0.29, 0.717) is 22.3 Å². The first-order valence-electron chi connectivity index (χ1n) is 8.41. The van der Waals surface area contributed by atoms with Gasteiger partial charge in [-0.1, -0.05) is 55.1 Å². The van der Waals surface area contributed by atoms with E-state index >= 15 is 0 Å². The average molecular weight is 368 g/mol. The van der Waals surface area contributed by atoms with Crippen LogP contribution in [0, 0.1) is 5.82 Å². The molecule has 0 radical (unpaired) electrons. The van der Waals surface area contributed by atoms with Crippen molar-refractivity contribution in [1.29, 1.82) is 0 Å². The van der Waals surface area contributed by atoms with Gasteiger partial charge in [-0.15, -0.1) is 10.2 Å². The molecule has 0 saturated heterocycles. The molecule has 0 fully saturated rings. The Bertz CT molecular complexity index is 937. The lowest BCUT2D eigenvalue weighted by atomic mass is 10.1. The SMILES string of the molecule is CCCSc1nnc2c(n1)OC(c1ccccc1F)Nc1ccccc1-2. The lowest BCUT2D eigenvalue weighted by Gasteiger charge is -2.19. The highest BCUT2D eigenvalue weighted by molar-refractivity contribution is 7.99. The van der Waals surface area contributed by atoms with Crippen molar-refractivity contribution in [3.63, 3.8) is 0 Å². The van der Waals surface area contributed by atoms with Crippen LogP contribution in [-0.4, -0.2) is 20.9 Å². The van der Waals surface area contributed by atoms with Crippen LogP contribution in [0.3, 0.4) is 0 Å². The number of benzene rings is 2. The van der Waals surface area contributed by atoms with Gasteiger partial charge in [-0.25, -0.2) is 4.39 Å². The summed E-state index contributed by atoms with van der Waals surface area (Å²) in [6.45, 7) is 2.09. The molecule has 2 heterocycles. The number of nitrogens with zero attached hydrogens (tertiary/aromatic N) is 3. The molecule has 3 aromatic rings. The summed E-state index contributed by atoms with van der Waals surface area (Å²) in [5.74, 6) is 0.907. The summed E-state index contributed by atoms with van der Waals surface area (Å²) in [6, 6.07) is 14.2. The van der Waals surface area contributed by atoms with Crippen molar-refractivity contribution < 1.29 is 9.13 Å². The van der Waals surface area contributed by atoms with E-state index in [1.165, 1.54) is 17.8 Å². The minimum absolute atomic E-state index is 0.339. The average Bonchev–Trinajstić information content (AvgIpc) is 2.83. The van der Waals surface area contributed by atoms with Crippen molar-refractivity contribution >= 4 is 17.4 Å². The Kier molecular flexibility index (Phi) is 4.71. The summed E-state index contributed by atoms with van der Waals surface area (Å²) in [6.07, 6.45) is 0.299. The Hall–Kier alpha value is -2.67. The topological polar surface area (TPSA) is 59.9 Å². The maximum absolute atomic E-state index is 14.3. The van der Waals surface area contributed by atoms with E-state index in [9.17, 15) is 4.39 Å². The first-order valence-corrected chi connectivity index (χ1v) is 9.39. The fourth-order valence-electron chi connectivity index (χ4n) is 2.73. The molecule has 1 aliphatic heterocycles. The molecule has 26 heavy (non-hydrogen) atoms. The van der Waals surface area contributed by atoms with Crippen molar-refractivity contribution in [3.8, 4) is 17.1 Å². The molecule has 1 atom stereocenters. The minimum Gasteiger partial charge on any atom is -0.448 e. The lowest BCUT2D eigenvalue weighted by Crippen LogP contribution is -2.18. The quantitative estimate of drug-likeness (QED) is 0.675. The van der Waals surface area contributed by atoms with Gasteiger partial charge < -0.3 is 10.1 Å². The Morgan fingerprint density at radius 2 is 1.92 bits per heavy atom. The zero-order valence-electron chi connectivity index (χ0n) is 14.1. The molecule has 1 aromatic heterocycles. The second kappa shape index (κ2) is 7.29. The number of fused-ring (bicyclic) bond motifs is 3. The number of aromatic nitrogens is 3. The minimum atomic E-state index is -0.709. The van der Waals surface area contributed by atoms with Gasteiger partial charge in [-0.3, -0.25) is 0 Å². The number of nitrogens with one attached hydrogen (secondary N) is 1. The summed E-state index contributed by atoms with van der Waals surface area (Å²) in [4.78, 5) is 4.52. The molecule has 5 nitrogen and oxygen atoms in total. The first-order chi connectivity index (χ1) is 12.8. The summed E-state index contributed by atoms with van der Waals surface area (Å²) in [7, 11) is 0. The summed E-state index contributed by atoms with van der Waals surface area (Å²) >= 11 is 1.52. The Balaban J connectivity index is 1.81. The molecule has 1 N–H and O–H groups in total. The van der Waals surface area contributed by atoms with Crippen LogP contribution in [0.4, 0.5) is 10.1 Å². The molecule has 0 bridgehead atoms. The number of para-hydroxylation sites is 1. The fraction of sp³-hybridized carbons (Fsp3) is 0.211. The number of hydrogen-bond donors (Lipinski definition) is 1. The number of rotatable bonds is 4. The van der Waals surface area contributed by atoms with Gasteiger partial charge in [0.25, 0.3) is 0 Å². The fourth-order valence-corrected chi connectivity index (χ4v) is 3.36. The van der Waals surface area contributed by atoms with Gasteiger partial charge in [0.1, 0.15) is 5.82 Å². The third-order valence-electron chi connectivity index (χ3n) is 3.96. The molecule has 0 amide bonds. The van der Waals surface area contributed by atoms with Crippen LogP contribution in [0.5, 0.6) is 5.88 Å². The van der Waals surface area contributed by atoms with E-state index < -0.39 is 6.23 Å². The molecular formula is C19H17FN4OS. The van der Waals surface area contributed by atoms with Gasteiger partial charge >= 0.3 is 0 Å². The summed E-state index contributed by atoms with van der Waals surface area (Å²) in [5, 5.41) is 12.3. The number of hydrogen-bond acceptors (Lipinski definition) is 6. The third-order valence-corrected chi connectivity index (χ3v) is 5.00. The van der Waals surface area contributed by atoms with Gasteiger partial charge in [0.15, 0.2) is 5.69 Å². The second-order valence-electron chi connectivity index (χ2n) is 5.81. The molecule has 0 saturated carbocycles. The molecule has 4 rings (SSSR count). The van der Waals surface area contributed by atoms with Gasteiger partial charge in [0.2, 0.25) is 17.3 Å². The molecular weight excluding hydrogens is 351 g/mol. The van der Waals surface area contributed by atoms with Gasteiger partial charge in [0, 0.05) is 22.6 Å². The van der Waals surface area contributed by atoms with Gasteiger partial charge in [-0.2, -0.15) is 4.98 Å². The molecule has 1 unspecified atom stereocenters. The number of anilines is 1. The van der Waals surface area contributed by atoms with E-state index in [1.807, 2.05) is 24.3 Å². The molecule has 132 valence electrons. The Morgan fingerprint density at radius 3 is 2.77 bits per heavy atom. The van der Waals surface area contributed by atoms with Crippen LogP contribution in [0.15, 0.2) is 53.7 Å². The smallest absolute Gasteiger partial charge is 0.247 e. The van der Waals surface area contributed by atoms with E-state index in [4.69, 9.17) is 4.74 Å². The normalized spacial score (nSPS) is 15.2. The highest BCUT2D eigenvalue weighted by Gasteiger charge is 2.27. The first kappa shape index (κ1) is 16.8. The van der Waals surface area contributed by atoms with Crippen molar-refractivity contribution in [2.45, 2.75) is 24.7 Å². The predicted octanol–water partition coefficient (Wildman–Crippen LogP) is 4.68. The third kappa shape index (κ3) is 3.22. The Labute approximate surface area is 155 Å². The highest BCUT2D eigenvalue weighted by atomic mass is 32.2. The number of ether oxygens (including phenoxy) is 1. The van der Waals surface area contributed by atoms with Crippen LogP contribution >= 0.6 is 11.8 Å². The molecule has 1 aliphatic rings. The Morgan fingerprint density at radius 1 is 1.12 bits per heavy atom. The van der Waals surface area contributed by atoms with Gasteiger partial charge in [-0.05, 0) is 18.6 Å². The van der Waals surface area contributed by atoms with E-state index in [0.717, 1.165) is 23.4 Å². The number of halogens is 1. The number of thioether (sulfide) groups is 1. The molecule has 0 aliphatic carbocycles. The van der Waals surface area contributed by atoms with Crippen LogP contribution in [0.1, 0.15) is 25.1 Å². The maximum atomic E-state index is 14.3. The van der Waals surface area contributed by atoms with Crippen LogP contribution in [-0.2, 0) is 0 Å². The largest absolute Gasteiger partial charge is 0.448 e. The second-order valence-corrected chi connectivity index (χ2v) is 6.87. The summed E-state index contributed by atoms with van der Waals surface area (Å²) in [5.41, 5.74) is 2.59. The predicted molar refractivity (Wildman–Crippen MR) is 99.7 cm³/mol. The molecule has 2 aromatic carbocycles.